The fraction of sp³-hybridized carbons (Fsp3) is 0.278. The van der Waals surface area contributed by atoms with Gasteiger partial charge in [-0.3, -0.25) is 0 Å². The molecule has 0 N–H and O–H groups in total. The average molecular weight is 499 g/mol. The Bertz CT molecular complexity index is 1390. The van der Waals surface area contributed by atoms with E-state index >= 15 is 0 Å². The highest BCUT2D eigenvalue weighted by Gasteiger charge is 2.16. The van der Waals surface area contributed by atoms with Crippen LogP contribution in [0.5, 0.6) is 0 Å². The molecule has 0 saturated heterocycles. The summed E-state index contributed by atoms with van der Waals surface area (Å²) in [5.41, 5.74) is 10.9. The number of benzene rings is 4. The third kappa shape index (κ3) is 5.13. The van der Waals surface area contributed by atoms with Gasteiger partial charge in [-0.1, -0.05) is 60.7 Å². The molecule has 2 heterocycles. The summed E-state index contributed by atoms with van der Waals surface area (Å²) in [7, 11) is 0. The molecule has 0 bridgehead atoms. The van der Waals surface area contributed by atoms with Crippen LogP contribution in [0.3, 0.4) is 0 Å². The second-order valence-corrected chi connectivity index (χ2v) is 10.7. The summed E-state index contributed by atoms with van der Waals surface area (Å²) < 4.78 is 0. The number of aryl methyl sites for hydroxylation is 2. The molecule has 2 heteroatoms. The molecule has 2 aliphatic rings. The smallest absolute Gasteiger partial charge is 0.0399 e. The van der Waals surface area contributed by atoms with Crippen LogP contribution in [0, 0.1) is 0 Å². The molecular weight excluding hydrogens is 460 g/mol. The Morgan fingerprint density at radius 2 is 0.921 bits per heavy atom. The molecule has 4 aromatic carbocycles. The van der Waals surface area contributed by atoms with Crippen LogP contribution in [0.2, 0.25) is 0 Å². The molecule has 38 heavy (non-hydrogen) atoms. The van der Waals surface area contributed by atoms with Gasteiger partial charge in [-0.2, -0.15) is 0 Å². The molecule has 0 spiro atoms. The van der Waals surface area contributed by atoms with Crippen LogP contribution in [0.15, 0.2) is 72.8 Å². The molecule has 0 atom stereocenters. The van der Waals surface area contributed by atoms with Gasteiger partial charge in [0.1, 0.15) is 0 Å². The molecule has 2 nitrogen and oxygen atoms in total. The summed E-state index contributed by atoms with van der Waals surface area (Å²) in [5.74, 6) is 0. The SMILES string of the molecule is CCN1CCCc2cc(C=Cc3ccc4cc(C=Cc5ccc6c(c5)CCCN6CC)ccc4c3)ccc21. The zero-order valence-electron chi connectivity index (χ0n) is 22.8. The Morgan fingerprint density at radius 3 is 1.34 bits per heavy atom. The van der Waals surface area contributed by atoms with E-state index in [1.165, 1.54) is 94.3 Å². The minimum Gasteiger partial charge on any atom is -0.372 e. The van der Waals surface area contributed by atoms with Gasteiger partial charge in [0.25, 0.3) is 0 Å². The van der Waals surface area contributed by atoms with Gasteiger partial charge in [0.05, 0.1) is 0 Å². The van der Waals surface area contributed by atoms with Crippen LogP contribution >= 0.6 is 0 Å². The maximum Gasteiger partial charge on any atom is 0.0399 e. The largest absolute Gasteiger partial charge is 0.372 e. The number of hydrogen-bond donors (Lipinski definition) is 0. The van der Waals surface area contributed by atoms with Gasteiger partial charge in [0, 0.05) is 37.6 Å². The molecule has 2 aliphatic heterocycles. The van der Waals surface area contributed by atoms with Crippen molar-refractivity contribution in [2.45, 2.75) is 39.5 Å². The Kier molecular flexibility index (Phi) is 7.05. The first-order chi connectivity index (χ1) is 18.7. The van der Waals surface area contributed by atoms with Crippen molar-refractivity contribution in [1.29, 1.82) is 0 Å². The van der Waals surface area contributed by atoms with E-state index in [1.54, 1.807) is 0 Å². The van der Waals surface area contributed by atoms with E-state index in [9.17, 15) is 0 Å². The fourth-order valence-corrected chi connectivity index (χ4v) is 6.13. The van der Waals surface area contributed by atoms with Crippen molar-refractivity contribution in [3.63, 3.8) is 0 Å². The first-order valence-electron chi connectivity index (χ1n) is 14.4. The zero-order valence-corrected chi connectivity index (χ0v) is 22.8. The Morgan fingerprint density at radius 1 is 0.526 bits per heavy atom. The lowest BCUT2D eigenvalue weighted by Crippen LogP contribution is -2.28. The Balaban J connectivity index is 1.17. The number of fused-ring (bicyclic) bond motifs is 3. The molecule has 6 rings (SSSR count). The van der Waals surface area contributed by atoms with Crippen LogP contribution in [0.25, 0.3) is 35.1 Å². The maximum absolute atomic E-state index is 2.49. The van der Waals surface area contributed by atoms with Gasteiger partial charge < -0.3 is 9.80 Å². The van der Waals surface area contributed by atoms with Gasteiger partial charge in [0.15, 0.2) is 0 Å². The normalized spacial score (nSPS) is 15.4. The second kappa shape index (κ2) is 10.9. The van der Waals surface area contributed by atoms with Crippen molar-refractivity contribution in [1.82, 2.24) is 0 Å². The van der Waals surface area contributed by atoms with Gasteiger partial charge in [-0.05, 0) is 120 Å². The predicted octanol–water partition coefficient (Wildman–Crippen LogP) is 8.73. The zero-order chi connectivity index (χ0) is 25.9. The van der Waals surface area contributed by atoms with Crippen molar-refractivity contribution < 1.29 is 0 Å². The van der Waals surface area contributed by atoms with Crippen molar-refractivity contribution >= 4 is 46.5 Å². The maximum atomic E-state index is 2.49. The topological polar surface area (TPSA) is 6.48 Å². The monoisotopic (exact) mass is 498 g/mol. The summed E-state index contributed by atoms with van der Waals surface area (Å²) >= 11 is 0. The minimum absolute atomic E-state index is 1.09. The van der Waals surface area contributed by atoms with E-state index in [0.29, 0.717) is 0 Å². The number of nitrogens with zero attached hydrogens (tertiary/aromatic N) is 2. The minimum atomic E-state index is 1.09. The van der Waals surface area contributed by atoms with Gasteiger partial charge in [-0.25, -0.2) is 0 Å². The molecule has 4 aromatic rings. The number of hydrogen-bond acceptors (Lipinski definition) is 2. The number of anilines is 2. The van der Waals surface area contributed by atoms with Crippen LogP contribution in [0.4, 0.5) is 11.4 Å². The van der Waals surface area contributed by atoms with Crippen LogP contribution < -0.4 is 9.80 Å². The number of rotatable bonds is 6. The van der Waals surface area contributed by atoms with Gasteiger partial charge >= 0.3 is 0 Å². The van der Waals surface area contributed by atoms with Gasteiger partial charge in [-0.15, -0.1) is 0 Å². The summed E-state index contributed by atoms with van der Waals surface area (Å²) in [6.07, 6.45) is 13.9. The average Bonchev–Trinajstić information content (AvgIpc) is 2.97. The van der Waals surface area contributed by atoms with Crippen molar-refractivity contribution in [3.05, 3.63) is 106 Å². The molecular formula is C36H38N2. The van der Waals surface area contributed by atoms with Crippen molar-refractivity contribution in [3.8, 4) is 0 Å². The molecule has 0 unspecified atom stereocenters. The van der Waals surface area contributed by atoms with E-state index in [2.05, 4.69) is 121 Å². The highest BCUT2D eigenvalue weighted by Crippen LogP contribution is 2.30. The lowest BCUT2D eigenvalue weighted by Gasteiger charge is -2.30. The molecule has 0 amide bonds. The molecule has 0 saturated carbocycles. The quantitative estimate of drug-likeness (QED) is 0.245. The standard InChI is InChI=1S/C36H38N2/c1-3-37-21-5-7-33-25-29(15-19-35(33)37)11-9-27-13-17-32-24-28(14-18-31(32)23-27)10-12-30-16-20-36-34(26-30)8-6-22-38(36)4-2/h9-20,23-26H,3-8,21-22H2,1-2H3. The molecule has 0 radical (unpaired) electrons. The summed E-state index contributed by atoms with van der Waals surface area (Å²) in [6.45, 7) is 9.03. The third-order valence-corrected chi connectivity index (χ3v) is 8.23. The lowest BCUT2D eigenvalue weighted by molar-refractivity contribution is 0.707. The first kappa shape index (κ1) is 24.6. The van der Waals surface area contributed by atoms with Crippen LogP contribution in [0.1, 0.15) is 60.1 Å². The highest BCUT2D eigenvalue weighted by molar-refractivity contribution is 5.89. The van der Waals surface area contributed by atoms with E-state index in [0.717, 1.165) is 13.1 Å². The highest BCUT2D eigenvalue weighted by atomic mass is 15.1. The molecule has 0 fully saturated rings. The third-order valence-electron chi connectivity index (χ3n) is 8.23. The second-order valence-electron chi connectivity index (χ2n) is 10.7. The van der Waals surface area contributed by atoms with Crippen LogP contribution in [-0.4, -0.2) is 26.2 Å². The van der Waals surface area contributed by atoms with E-state index < -0.39 is 0 Å². The first-order valence-corrected chi connectivity index (χ1v) is 14.4. The van der Waals surface area contributed by atoms with E-state index in [4.69, 9.17) is 0 Å². The van der Waals surface area contributed by atoms with Crippen LogP contribution in [-0.2, 0) is 12.8 Å². The Labute approximate surface area is 227 Å². The lowest BCUT2D eigenvalue weighted by atomic mass is 9.98. The summed E-state index contributed by atoms with van der Waals surface area (Å²) in [6, 6.07) is 27.4. The molecule has 0 aliphatic carbocycles. The van der Waals surface area contributed by atoms with E-state index in [1.807, 2.05) is 0 Å². The fourth-order valence-electron chi connectivity index (χ4n) is 6.13. The Hall–Kier alpha value is -3.78. The summed E-state index contributed by atoms with van der Waals surface area (Å²) in [4.78, 5) is 4.98. The molecule has 0 aromatic heterocycles. The summed E-state index contributed by atoms with van der Waals surface area (Å²) in [5, 5.41) is 2.56. The predicted molar refractivity (Wildman–Crippen MR) is 167 cm³/mol. The van der Waals surface area contributed by atoms with Crippen molar-refractivity contribution in [2.24, 2.45) is 0 Å². The molecule has 192 valence electrons. The van der Waals surface area contributed by atoms with Crippen molar-refractivity contribution in [2.75, 3.05) is 36.0 Å². The van der Waals surface area contributed by atoms with E-state index in [-0.39, 0.29) is 0 Å². The van der Waals surface area contributed by atoms with Gasteiger partial charge in [0.2, 0.25) is 0 Å².